The van der Waals surface area contributed by atoms with Gasteiger partial charge in [-0.2, -0.15) is 5.10 Å². The maximum atomic E-state index is 13.8. The van der Waals surface area contributed by atoms with E-state index in [1.165, 1.54) is 18.2 Å². The molecule has 0 radical (unpaired) electrons. The molecule has 0 aliphatic carbocycles. The van der Waals surface area contributed by atoms with Gasteiger partial charge in [0.1, 0.15) is 11.5 Å². The Labute approximate surface area is 203 Å². The number of hydrogen-bond donors (Lipinski definition) is 2. The highest BCUT2D eigenvalue weighted by atomic mass is 35.5. The number of primary amides is 1. The van der Waals surface area contributed by atoms with Gasteiger partial charge in [0.05, 0.1) is 42.1 Å². The van der Waals surface area contributed by atoms with E-state index in [0.29, 0.717) is 43.3 Å². The summed E-state index contributed by atoms with van der Waals surface area (Å²) in [5, 5.41) is 7.67. The van der Waals surface area contributed by atoms with Crippen LogP contribution < -0.4 is 11.1 Å². The SMILES string of the molecule is CC(C)(C)NC(=O)N1Cc2c(C(N)=O)c(-c3ccc(F)c(Cl)c3)nn2C(CN2CCOCC2)C1. The van der Waals surface area contributed by atoms with Crippen LogP contribution in [0.5, 0.6) is 0 Å². The van der Waals surface area contributed by atoms with E-state index in [9.17, 15) is 14.0 Å². The van der Waals surface area contributed by atoms with Gasteiger partial charge in [0.15, 0.2) is 0 Å². The molecule has 1 atom stereocenters. The Balaban J connectivity index is 1.77. The summed E-state index contributed by atoms with van der Waals surface area (Å²) in [6.07, 6.45) is 0. The number of urea groups is 1. The standard InChI is InChI=1S/C23H30ClFN6O3/c1-23(2,3)27-22(33)30-12-15(11-29-6-8-34-9-7-29)31-18(13-30)19(21(26)32)20(28-31)14-4-5-17(25)16(24)10-14/h4-5,10,15H,6-9,11-13H2,1-3H3,(H2,26,32)(H,27,33). The summed E-state index contributed by atoms with van der Waals surface area (Å²) in [6, 6.07) is 3.74. The molecule has 9 nitrogen and oxygen atoms in total. The van der Waals surface area contributed by atoms with Gasteiger partial charge in [-0.05, 0) is 39.0 Å². The fourth-order valence-electron chi connectivity index (χ4n) is 4.38. The van der Waals surface area contributed by atoms with Gasteiger partial charge in [-0.1, -0.05) is 11.6 Å². The first-order valence-corrected chi connectivity index (χ1v) is 11.6. The Hall–Kier alpha value is -2.69. The number of benzene rings is 1. The van der Waals surface area contributed by atoms with Crippen LogP contribution in [0.2, 0.25) is 5.02 Å². The average Bonchev–Trinajstić information content (AvgIpc) is 3.15. The minimum absolute atomic E-state index is 0.0741. The number of aromatic nitrogens is 2. The zero-order chi connectivity index (χ0) is 24.6. The first-order valence-electron chi connectivity index (χ1n) is 11.3. The van der Waals surface area contributed by atoms with Crippen LogP contribution in [0.4, 0.5) is 9.18 Å². The molecule has 2 aliphatic heterocycles. The van der Waals surface area contributed by atoms with E-state index in [4.69, 9.17) is 27.2 Å². The molecule has 11 heteroatoms. The molecule has 4 rings (SSSR count). The van der Waals surface area contributed by atoms with Gasteiger partial charge < -0.3 is 20.7 Å². The van der Waals surface area contributed by atoms with Crippen LogP contribution >= 0.6 is 11.6 Å². The number of carbonyl (C=O) groups excluding carboxylic acids is 2. The van der Waals surface area contributed by atoms with E-state index in [0.717, 1.165) is 13.1 Å². The molecule has 2 aromatic rings. The molecule has 2 aliphatic rings. The molecule has 1 fully saturated rings. The zero-order valence-electron chi connectivity index (χ0n) is 19.6. The monoisotopic (exact) mass is 492 g/mol. The molecule has 3 amide bonds. The van der Waals surface area contributed by atoms with Crippen molar-refractivity contribution in [1.29, 1.82) is 0 Å². The lowest BCUT2D eigenvalue weighted by atomic mass is 10.0. The fraction of sp³-hybridized carbons (Fsp3) is 0.522. The summed E-state index contributed by atoms with van der Waals surface area (Å²) in [5.74, 6) is -1.23. The van der Waals surface area contributed by atoms with Crippen molar-refractivity contribution >= 4 is 23.5 Å². The molecule has 0 saturated carbocycles. The topological polar surface area (TPSA) is 106 Å². The smallest absolute Gasteiger partial charge is 0.318 e. The van der Waals surface area contributed by atoms with E-state index in [1.54, 1.807) is 9.58 Å². The van der Waals surface area contributed by atoms with Crippen LogP contribution in [0.3, 0.4) is 0 Å². The number of amides is 3. The summed E-state index contributed by atoms with van der Waals surface area (Å²) in [7, 11) is 0. The molecule has 1 aromatic heterocycles. The number of nitrogens with one attached hydrogen (secondary N) is 1. The molecular formula is C23H30ClFN6O3. The highest BCUT2D eigenvalue weighted by Gasteiger charge is 2.36. The number of nitrogens with two attached hydrogens (primary N) is 1. The number of fused-ring (bicyclic) bond motifs is 1. The Morgan fingerprint density at radius 2 is 2.00 bits per heavy atom. The Bertz CT molecular complexity index is 1090. The normalized spacial score (nSPS) is 19.1. The minimum Gasteiger partial charge on any atom is -0.379 e. The highest BCUT2D eigenvalue weighted by Crippen LogP contribution is 2.33. The summed E-state index contributed by atoms with van der Waals surface area (Å²) in [6.45, 7) is 9.75. The first kappa shape index (κ1) is 24.4. The maximum Gasteiger partial charge on any atom is 0.318 e. The lowest BCUT2D eigenvalue weighted by Gasteiger charge is -2.38. The quantitative estimate of drug-likeness (QED) is 0.682. The molecule has 3 N–H and O–H groups in total. The van der Waals surface area contributed by atoms with E-state index in [1.807, 2.05) is 20.8 Å². The van der Waals surface area contributed by atoms with Crippen LogP contribution in [0.25, 0.3) is 11.3 Å². The van der Waals surface area contributed by atoms with Crippen molar-refractivity contribution < 1.29 is 18.7 Å². The Kier molecular flexibility index (Phi) is 6.84. The van der Waals surface area contributed by atoms with Gasteiger partial charge in [0.25, 0.3) is 5.91 Å². The summed E-state index contributed by atoms with van der Waals surface area (Å²) in [4.78, 5) is 29.6. The zero-order valence-corrected chi connectivity index (χ0v) is 20.4. The van der Waals surface area contributed by atoms with E-state index >= 15 is 0 Å². The van der Waals surface area contributed by atoms with Crippen molar-refractivity contribution in [3.8, 4) is 11.3 Å². The molecule has 184 valence electrons. The predicted octanol–water partition coefficient (Wildman–Crippen LogP) is 2.64. The lowest BCUT2D eigenvalue weighted by molar-refractivity contribution is 0.0259. The van der Waals surface area contributed by atoms with Crippen molar-refractivity contribution in [3.63, 3.8) is 0 Å². The van der Waals surface area contributed by atoms with Crippen LogP contribution in [0.1, 0.15) is 42.9 Å². The summed E-state index contributed by atoms with van der Waals surface area (Å²) < 4.78 is 21.0. The molecular weight excluding hydrogens is 463 g/mol. The van der Waals surface area contributed by atoms with Gasteiger partial charge in [-0.25, -0.2) is 9.18 Å². The third-order valence-corrected chi connectivity index (χ3v) is 6.20. The number of ether oxygens (including phenoxy) is 1. The molecule has 34 heavy (non-hydrogen) atoms. The van der Waals surface area contributed by atoms with Crippen molar-refractivity contribution in [2.75, 3.05) is 39.4 Å². The Morgan fingerprint density at radius 3 is 2.62 bits per heavy atom. The van der Waals surface area contributed by atoms with Crippen LogP contribution in [0, 0.1) is 5.82 Å². The maximum absolute atomic E-state index is 13.8. The van der Waals surface area contributed by atoms with Gasteiger partial charge in [-0.3, -0.25) is 14.4 Å². The molecule has 1 aromatic carbocycles. The fourth-order valence-corrected chi connectivity index (χ4v) is 4.56. The third-order valence-electron chi connectivity index (χ3n) is 5.91. The largest absolute Gasteiger partial charge is 0.379 e. The molecule has 0 spiro atoms. The number of halogens is 2. The van der Waals surface area contributed by atoms with Gasteiger partial charge >= 0.3 is 6.03 Å². The first-order chi connectivity index (χ1) is 16.0. The Morgan fingerprint density at radius 1 is 1.29 bits per heavy atom. The van der Waals surface area contributed by atoms with Crippen LogP contribution in [-0.2, 0) is 11.3 Å². The number of carbonyl (C=O) groups is 2. The van der Waals surface area contributed by atoms with Crippen LogP contribution in [0.15, 0.2) is 18.2 Å². The molecule has 3 heterocycles. The predicted molar refractivity (Wildman–Crippen MR) is 126 cm³/mol. The van der Waals surface area contributed by atoms with Crippen LogP contribution in [-0.4, -0.2) is 76.5 Å². The minimum atomic E-state index is -0.667. The summed E-state index contributed by atoms with van der Waals surface area (Å²) >= 11 is 6.00. The number of nitrogens with zero attached hydrogens (tertiary/aromatic N) is 4. The summed E-state index contributed by atoms with van der Waals surface area (Å²) in [5.41, 5.74) is 6.95. The van der Waals surface area contributed by atoms with Crippen molar-refractivity contribution in [1.82, 2.24) is 24.9 Å². The number of rotatable bonds is 4. The van der Waals surface area contributed by atoms with Gasteiger partial charge in [0.2, 0.25) is 0 Å². The second-order valence-corrected chi connectivity index (χ2v) is 10.1. The van der Waals surface area contributed by atoms with Gasteiger partial charge in [0, 0.05) is 37.3 Å². The second kappa shape index (κ2) is 9.52. The number of morpholine rings is 1. The number of hydrogen-bond acceptors (Lipinski definition) is 5. The van der Waals surface area contributed by atoms with E-state index in [2.05, 4.69) is 10.2 Å². The molecule has 1 unspecified atom stereocenters. The third kappa shape index (κ3) is 5.18. The average molecular weight is 493 g/mol. The van der Waals surface area contributed by atoms with Gasteiger partial charge in [-0.15, -0.1) is 0 Å². The molecule has 1 saturated heterocycles. The lowest BCUT2D eigenvalue weighted by Crippen LogP contribution is -2.53. The van der Waals surface area contributed by atoms with Crippen molar-refractivity contribution in [2.45, 2.75) is 38.9 Å². The van der Waals surface area contributed by atoms with E-state index in [-0.39, 0.29) is 29.2 Å². The second-order valence-electron chi connectivity index (χ2n) is 9.74. The molecule has 0 bridgehead atoms. The van der Waals surface area contributed by atoms with Crippen molar-refractivity contribution in [3.05, 3.63) is 40.3 Å². The highest BCUT2D eigenvalue weighted by molar-refractivity contribution is 6.31. The van der Waals surface area contributed by atoms with E-state index < -0.39 is 17.3 Å². The van der Waals surface area contributed by atoms with Crippen molar-refractivity contribution in [2.24, 2.45) is 5.73 Å².